The van der Waals surface area contributed by atoms with Crippen LogP contribution in [-0.4, -0.2) is 34.8 Å². The third-order valence-corrected chi connectivity index (χ3v) is 4.02. The molecular weight excluding hydrogens is 188 g/mol. The van der Waals surface area contributed by atoms with Gasteiger partial charge >= 0.3 is 5.97 Å². The summed E-state index contributed by atoms with van der Waals surface area (Å²) in [5.74, 6) is 0.251. The molecule has 0 bridgehead atoms. The summed E-state index contributed by atoms with van der Waals surface area (Å²) >= 11 is 1.57. The molecule has 1 rings (SSSR count). The molecule has 0 amide bonds. The Morgan fingerprint density at radius 1 is 1.54 bits per heavy atom. The number of aliphatic carboxylic acids is 1. The van der Waals surface area contributed by atoms with Crippen molar-refractivity contribution in [3.8, 4) is 0 Å². The van der Waals surface area contributed by atoms with Gasteiger partial charge in [0.2, 0.25) is 0 Å². The van der Waals surface area contributed by atoms with Gasteiger partial charge in [0.05, 0.1) is 0 Å². The summed E-state index contributed by atoms with van der Waals surface area (Å²) in [4.78, 5) is 11.1. The molecule has 76 valence electrons. The highest BCUT2D eigenvalue weighted by atomic mass is 32.2. The highest BCUT2D eigenvalue weighted by Crippen LogP contribution is 2.36. The van der Waals surface area contributed by atoms with E-state index in [0.717, 1.165) is 12.2 Å². The second-order valence-electron chi connectivity index (χ2n) is 3.26. The monoisotopic (exact) mass is 204 g/mol. The Balaban J connectivity index is 2.56. The fourth-order valence-electron chi connectivity index (χ4n) is 1.42. The molecule has 0 aromatic rings. The lowest BCUT2D eigenvalue weighted by molar-refractivity contribution is -0.142. The van der Waals surface area contributed by atoms with E-state index in [1.165, 1.54) is 0 Å². The molecule has 1 N–H and O–H groups in total. The molecule has 0 aromatic heterocycles. The molecule has 4 heteroatoms. The Bertz CT molecular complexity index is 176. The summed E-state index contributed by atoms with van der Waals surface area (Å²) in [6, 6.07) is 0. The molecule has 1 saturated heterocycles. The predicted molar refractivity (Wildman–Crippen MR) is 53.2 cm³/mol. The van der Waals surface area contributed by atoms with Crippen LogP contribution in [0.3, 0.4) is 0 Å². The molecule has 3 nitrogen and oxygen atoms in total. The van der Waals surface area contributed by atoms with Crippen molar-refractivity contribution in [2.24, 2.45) is 0 Å². The highest BCUT2D eigenvalue weighted by Gasteiger charge is 2.40. The van der Waals surface area contributed by atoms with Gasteiger partial charge in [-0.3, -0.25) is 4.79 Å². The van der Waals surface area contributed by atoms with Gasteiger partial charge < -0.3 is 9.84 Å². The van der Waals surface area contributed by atoms with E-state index in [1.54, 1.807) is 11.8 Å². The maximum atomic E-state index is 11.1. The molecule has 0 atom stereocenters. The molecule has 1 aliphatic rings. The minimum absolute atomic E-state index is 0.561. The summed E-state index contributed by atoms with van der Waals surface area (Å²) < 4.78 is 4.62. The van der Waals surface area contributed by atoms with Gasteiger partial charge in [-0.15, -0.1) is 11.8 Å². The van der Waals surface area contributed by atoms with E-state index in [9.17, 15) is 4.79 Å². The van der Waals surface area contributed by atoms with Crippen molar-refractivity contribution < 1.29 is 14.6 Å². The summed E-state index contributed by atoms with van der Waals surface area (Å²) in [6.07, 6.45) is 2.32. The van der Waals surface area contributed by atoms with E-state index < -0.39 is 10.7 Å². The first kappa shape index (κ1) is 10.9. The minimum Gasteiger partial charge on any atom is -0.480 e. The van der Waals surface area contributed by atoms with Crippen molar-refractivity contribution in [2.45, 2.75) is 30.9 Å². The fraction of sp³-hybridized carbons (Fsp3) is 0.889. The SMILES string of the molecule is CCCSC1(C(=O)O)CCOCC1. The summed E-state index contributed by atoms with van der Waals surface area (Å²) in [5.41, 5.74) is 0. The average Bonchev–Trinajstić information content (AvgIpc) is 2.16. The van der Waals surface area contributed by atoms with Crippen LogP contribution in [0.25, 0.3) is 0 Å². The standard InChI is InChI=1S/C9H16O3S/c1-2-7-13-9(8(10)11)3-5-12-6-4-9/h2-7H2,1H3,(H,10,11). The Hall–Kier alpha value is -0.220. The molecule has 0 spiro atoms. The average molecular weight is 204 g/mol. The fourth-order valence-corrected chi connectivity index (χ4v) is 2.59. The zero-order chi connectivity index (χ0) is 9.73. The van der Waals surface area contributed by atoms with Gasteiger partial charge in [-0.1, -0.05) is 6.92 Å². The molecule has 0 saturated carbocycles. The zero-order valence-corrected chi connectivity index (χ0v) is 8.73. The second-order valence-corrected chi connectivity index (χ2v) is 4.74. The van der Waals surface area contributed by atoms with E-state index in [2.05, 4.69) is 6.92 Å². The van der Waals surface area contributed by atoms with Crippen LogP contribution in [-0.2, 0) is 9.53 Å². The Morgan fingerprint density at radius 2 is 2.15 bits per heavy atom. The van der Waals surface area contributed by atoms with Crippen molar-refractivity contribution >= 4 is 17.7 Å². The first-order chi connectivity index (χ1) is 6.21. The summed E-state index contributed by atoms with van der Waals surface area (Å²) in [6.45, 7) is 3.24. The van der Waals surface area contributed by atoms with Crippen molar-refractivity contribution in [1.29, 1.82) is 0 Å². The van der Waals surface area contributed by atoms with Gasteiger partial charge in [0.1, 0.15) is 4.75 Å². The van der Waals surface area contributed by atoms with E-state index in [-0.39, 0.29) is 0 Å². The van der Waals surface area contributed by atoms with Crippen molar-refractivity contribution in [3.63, 3.8) is 0 Å². The van der Waals surface area contributed by atoms with E-state index in [1.807, 2.05) is 0 Å². The van der Waals surface area contributed by atoms with Crippen LogP contribution in [0.2, 0.25) is 0 Å². The van der Waals surface area contributed by atoms with Crippen LogP contribution >= 0.6 is 11.8 Å². The van der Waals surface area contributed by atoms with Gasteiger partial charge in [-0.05, 0) is 25.0 Å². The normalized spacial score (nSPS) is 21.3. The quantitative estimate of drug-likeness (QED) is 0.758. The van der Waals surface area contributed by atoms with Gasteiger partial charge in [-0.25, -0.2) is 0 Å². The molecule has 0 aliphatic carbocycles. The van der Waals surface area contributed by atoms with E-state index >= 15 is 0 Å². The van der Waals surface area contributed by atoms with Gasteiger partial charge in [0.15, 0.2) is 0 Å². The predicted octanol–water partition coefficient (Wildman–Crippen LogP) is 1.76. The summed E-state index contributed by atoms with van der Waals surface area (Å²) in [5, 5.41) is 9.14. The number of carboxylic acid groups (broad SMARTS) is 1. The lowest BCUT2D eigenvalue weighted by Crippen LogP contribution is -2.41. The highest BCUT2D eigenvalue weighted by molar-refractivity contribution is 8.01. The molecule has 1 aliphatic heterocycles. The molecular formula is C9H16O3S. The number of ether oxygens (including phenoxy) is 1. The molecule has 0 aromatic carbocycles. The third kappa shape index (κ3) is 2.61. The lowest BCUT2D eigenvalue weighted by atomic mass is 9.99. The minimum atomic E-state index is -0.672. The van der Waals surface area contributed by atoms with E-state index in [4.69, 9.17) is 9.84 Å². The van der Waals surface area contributed by atoms with Gasteiger partial charge in [-0.2, -0.15) is 0 Å². The second kappa shape index (κ2) is 4.86. The van der Waals surface area contributed by atoms with Crippen molar-refractivity contribution in [3.05, 3.63) is 0 Å². The Morgan fingerprint density at radius 3 is 2.62 bits per heavy atom. The molecule has 1 heterocycles. The first-order valence-electron chi connectivity index (χ1n) is 4.66. The molecule has 1 fully saturated rings. The van der Waals surface area contributed by atoms with Crippen LogP contribution < -0.4 is 0 Å². The Kier molecular flexibility index (Phi) is 4.06. The lowest BCUT2D eigenvalue weighted by Gasteiger charge is -2.32. The number of carbonyl (C=O) groups is 1. The first-order valence-corrected chi connectivity index (χ1v) is 5.65. The van der Waals surface area contributed by atoms with Crippen LogP contribution in [0.5, 0.6) is 0 Å². The molecule has 13 heavy (non-hydrogen) atoms. The van der Waals surface area contributed by atoms with Crippen LogP contribution in [0.4, 0.5) is 0 Å². The number of thioether (sulfide) groups is 1. The smallest absolute Gasteiger partial charge is 0.319 e. The number of carboxylic acids is 1. The van der Waals surface area contributed by atoms with Crippen LogP contribution in [0, 0.1) is 0 Å². The third-order valence-electron chi connectivity index (χ3n) is 2.27. The molecule has 0 radical (unpaired) electrons. The van der Waals surface area contributed by atoms with Crippen LogP contribution in [0.1, 0.15) is 26.2 Å². The van der Waals surface area contributed by atoms with Gasteiger partial charge in [0.25, 0.3) is 0 Å². The number of hydrogen-bond acceptors (Lipinski definition) is 3. The number of hydrogen-bond donors (Lipinski definition) is 1. The maximum Gasteiger partial charge on any atom is 0.319 e. The van der Waals surface area contributed by atoms with Crippen molar-refractivity contribution in [1.82, 2.24) is 0 Å². The zero-order valence-electron chi connectivity index (χ0n) is 7.91. The van der Waals surface area contributed by atoms with Crippen LogP contribution in [0.15, 0.2) is 0 Å². The van der Waals surface area contributed by atoms with Crippen molar-refractivity contribution in [2.75, 3.05) is 19.0 Å². The molecule has 0 unspecified atom stereocenters. The van der Waals surface area contributed by atoms with Gasteiger partial charge in [0, 0.05) is 13.2 Å². The summed E-state index contributed by atoms with van der Waals surface area (Å²) in [7, 11) is 0. The Labute approximate surface area is 82.8 Å². The largest absolute Gasteiger partial charge is 0.480 e. The van der Waals surface area contributed by atoms with E-state index in [0.29, 0.717) is 26.1 Å². The number of rotatable bonds is 4. The maximum absolute atomic E-state index is 11.1. The topological polar surface area (TPSA) is 46.5 Å².